The number of nitrogens with zero attached hydrogens (tertiary/aromatic N) is 3. The van der Waals surface area contributed by atoms with Crippen molar-refractivity contribution in [1.82, 2.24) is 9.80 Å². The van der Waals surface area contributed by atoms with Gasteiger partial charge in [0.15, 0.2) is 0 Å². The van der Waals surface area contributed by atoms with Crippen molar-refractivity contribution in [1.29, 1.82) is 0 Å². The zero-order valence-electron chi connectivity index (χ0n) is 18.9. The molecule has 0 spiro atoms. The number of carbonyl (C=O) groups excluding carboxylic acids is 2. The Hall–Kier alpha value is -2.90. The van der Waals surface area contributed by atoms with Gasteiger partial charge in [-0.1, -0.05) is 29.8 Å². The highest BCUT2D eigenvalue weighted by Gasteiger charge is 2.33. The fourth-order valence-electron chi connectivity index (χ4n) is 4.52. The smallest absolute Gasteiger partial charge is 0.253 e. The van der Waals surface area contributed by atoms with Gasteiger partial charge in [0.1, 0.15) is 11.1 Å². The van der Waals surface area contributed by atoms with E-state index in [1.807, 2.05) is 64.4 Å². The third-order valence-electron chi connectivity index (χ3n) is 6.40. The first kappa shape index (κ1) is 22.9. The Morgan fingerprint density at radius 3 is 2.56 bits per heavy atom. The standard InChI is InChI=1S/C26H26ClN3O3S/c1-18-4-9-21(27)15-23(18)28-10-12-29(13-11-28)25(32)19-5-7-20(8-6-19)26-30(24(31)17-34-26)16-22-3-2-14-33-22/h2-9,14-15,26H,10-13,16-17H2,1H3/t26-/m0/s1. The molecule has 2 amide bonds. The molecule has 3 aromatic rings. The topological polar surface area (TPSA) is 57.0 Å². The number of rotatable bonds is 5. The Bertz CT molecular complexity index is 1170. The summed E-state index contributed by atoms with van der Waals surface area (Å²) >= 11 is 7.79. The molecule has 34 heavy (non-hydrogen) atoms. The SMILES string of the molecule is Cc1ccc(Cl)cc1N1CCN(C(=O)c2ccc([C@@H]3SCC(=O)N3Cc3ccco3)cc2)CC1. The van der Waals surface area contributed by atoms with Crippen LogP contribution in [0.5, 0.6) is 0 Å². The number of benzene rings is 2. The first-order valence-electron chi connectivity index (χ1n) is 11.3. The molecule has 0 aliphatic carbocycles. The molecule has 8 heteroatoms. The predicted molar refractivity (Wildman–Crippen MR) is 135 cm³/mol. The molecule has 3 heterocycles. The molecule has 0 bridgehead atoms. The Labute approximate surface area is 208 Å². The van der Waals surface area contributed by atoms with E-state index in [1.165, 1.54) is 5.56 Å². The van der Waals surface area contributed by atoms with E-state index >= 15 is 0 Å². The summed E-state index contributed by atoms with van der Waals surface area (Å²) in [5.41, 5.74) is 4.00. The average molecular weight is 496 g/mol. The normalized spacial score (nSPS) is 18.6. The van der Waals surface area contributed by atoms with E-state index in [0.29, 0.717) is 31.0 Å². The molecule has 1 atom stereocenters. The van der Waals surface area contributed by atoms with Crippen molar-refractivity contribution in [2.45, 2.75) is 18.8 Å². The average Bonchev–Trinajstić information content (AvgIpc) is 3.51. The number of furan rings is 1. The zero-order valence-corrected chi connectivity index (χ0v) is 20.5. The first-order chi connectivity index (χ1) is 16.5. The van der Waals surface area contributed by atoms with Crippen LogP contribution in [0.3, 0.4) is 0 Å². The number of anilines is 1. The van der Waals surface area contributed by atoms with Crippen LogP contribution in [0, 0.1) is 6.92 Å². The highest BCUT2D eigenvalue weighted by molar-refractivity contribution is 8.00. The lowest BCUT2D eigenvalue weighted by Crippen LogP contribution is -2.49. The molecule has 2 aliphatic heterocycles. The van der Waals surface area contributed by atoms with Gasteiger partial charge < -0.3 is 19.1 Å². The van der Waals surface area contributed by atoms with E-state index in [4.69, 9.17) is 16.0 Å². The number of aryl methyl sites for hydroxylation is 1. The van der Waals surface area contributed by atoms with Gasteiger partial charge in [0.25, 0.3) is 5.91 Å². The number of hydrogen-bond donors (Lipinski definition) is 0. The lowest BCUT2D eigenvalue weighted by molar-refractivity contribution is -0.128. The largest absolute Gasteiger partial charge is 0.467 e. The van der Waals surface area contributed by atoms with Gasteiger partial charge in [-0.25, -0.2) is 0 Å². The van der Waals surface area contributed by atoms with Gasteiger partial charge in [0.05, 0.1) is 18.6 Å². The van der Waals surface area contributed by atoms with E-state index < -0.39 is 0 Å². The number of amides is 2. The Morgan fingerprint density at radius 2 is 1.85 bits per heavy atom. The van der Waals surface area contributed by atoms with Crippen LogP contribution >= 0.6 is 23.4 Å². The maximum atomic E-state index is 13.1. The minimum atomic E-state index is -0.0776. The molecule has 6 nitrogen and oxygen atoms in total. The monoisotopic (exact) mass is 495 g/mol. The molecular formula is C26H26ClN3O3S. The number of hydrogen-bond acceptors (Lipinski definition) is 5. The van der Waals surface area contributed by atoms with Gasteiger partial charge >= 0.3 is 0 Å². The summed E-state index contributed by atoms with van der Waals surface area (Å²) in [6.07, 6.45) is 1.62. The quantitative estimate of drug-likeness (QED) is 0.499. The summed E-state index contributed by atoms with van der Waals surface area (Å²) < 4.78 is 5.43. The van der Waals surface area contributed by atoms with Crippen LogP contribution in [0.25, 0.3) is 0 Å². The second kappa shape index (κ2) is 9.76. The summed E-state index contributed by atoms with van der Waals surface area (Å²) in [6, 6.07) is 17.3. The highest BCUT2D eigenvalue weighted by atomic mass is 35.5. The molecule has 0 radical (unpaired) electrons. The van der Waals surface area contributed by atoms with Gasteiger partial charge in [0.2, 0.25) is 5.91 Å². The van der Waals surface area contributed by atoms with Crippen molar-refractivity contribution in [3.8, 4) is 0 Å². The van der Waals surface area contributed by atoms with E-state index in [2.05, 4.69) is 11.8 Å². The minimum absolute atomic E-state index is 0.0385. The summed E-state index contributed by atoms with van der Waals surface area (Å²) in [5, 5.41) is 0.648. The van der Waals surface area contributed by atoms with Gasteiger partial charge in [-0.3, -0.25) is 9.59 Å². The second-order valence-electron chi connectivity index (χ2n) is 8.60. The highest BCUT2D eigenvalue weighted by Crippen LogP contribution is 2.39. The lowest BCUT2D eigenvalue weighted by Gasteiger charge is -2.37. The summed E-state index contributed by atoms with van der Waals surface area (Å²) in [6.45, 7) is 5.39. The van der Waals surface area contributed by atoms with Crippen LogP contribution in [-0.2, 0) is 11.3 Å². The third-order valence-corrected chi connectivity index (χ3v) is 7.89. The molecule has 0 saturated carbocycles. The Kier molecular flexibility index (Phi) is 6.57. The van der Waals surface area contributed by atoms with Crippen molar-refractivity contribution >= 4 is 40.9 Å². The zero-order chi connectivity index (χ0) is 23.7. The Balaban J connectivity index is 1.23. The fraction of sp³-hybridized carbons (Fsp3) is 0.308. The summed E-state index contributed by atoms with van der Waals surface area (Å²) in [7, 11) is 0. The van der Waals surface area contributed by atoms with Crippen LogP contribution in [-0.4, -0.2) is 53.5 Å². The van der Waals surface area contributed by atoms with Crippen LogP contribution in [0.1, 0.15) is 32.6 Å². The molecule has 176 valence electrons. The lowest BCUT2D eigenvalue weighted by atomic mass is 10.1. The van der Waals surface area contributed by atoms with Gasteiger partial charge in [-0.05, 0) is 54.4 Å². The molecule has 2 saturated heterocycles. The predicted octanol–water partition coefficient (Wildman–Crippen LogP) is 4.98. The maximum absolute atomic E-state index is 13.1. The molecule has 1 aromatic heterocycles. The number of thioether (sulfide) groups is 1. The molecule has 0 unspecified atom stereocenters. The minimum Gasteiger partial charge on any atom is -0.467 e. The molecular weight excluding hydrogens is 470 g/mol. The van der Waals surface area contributed by atoms with Gasteiger partial charge in [-0.15, -0.1) is 11.8 Å². The summed E-state index contributed by atoms with van der Waals surface area (Å²) in [5.74, 6) is 1.35. The number of piperazine rings is 1. The first-order valence-corrected chi connectivity index (χ1v) is 12.8. The third kappa shape index (κ3) is 4.68. The van der Waals surface area contributed by atoms with Gasteiger partial charge in [-0.2, -0.15) is 0 Å². The van der Waals surface area contributed by atoms with Gasteiger partial charge in [0, 0.05) is 42.5 Å². The molecule has 2 aliphatic rings. The molecule has 0 N–H and O–H groups in total. The fourth-order valence-corrected chi connectivity index (χ4v) is 5.87. The number of halogens is 1. The second-order valence-corrected chi connectivity index (χ2v) is 10.1. The van der Waals surface area contributed by atoms with Crippen LogP contribution in [0.4, 0.5) is 5.69 Å². The van der Waals surface area contributed by atoms with E-state index in [1.54, 1.807) is 18.0 Å². The summed E-state index contributed by atoms with van der Waals surface area (Å²) in [4.78, 5) is 31.6. The van der Waals surface area contributed by atoms with Crippen LogP contribution in [0.15, 0.2) is 65.3 Å². The Morgan fingerprint density at radius 1 is 1.09 bits per heavy atom. The van der Waals surface area contributed by atoms with Crippen molar-refractivity contribution in [2.75, 3.05) is 36.8 Å². The number of carbonyl (C=O) groups is 2. The van der Waals surface area contributed by atoms with Crippen LogP contribution in [0.2, 0.25) is 5.02 Å². The van der Waals surface area contributed by atoms with E-state index in [0.717, 1.165) is 35.1 Å². The van der Waals surface area contributed by atoms with Crippen molar-refractivity contribution in [2.24, 2.45) is 0 Å². The van der Waals surface area contributed by atoms with Crippen molar-refractivity contribution in [3.05, 3.63) is 88.3 Å². The molecule has 5 rings (SSSR count). The molecule has 2 fully saturated rings. The van der Waals surface area contributed by atoms with Crippen molar-refractivity contribution in [3.63, 3.8) is 0 Å². The van der Waals surface area contributed by atoms with Crippen molar-refractivity contribution < 1.29 is 14.0 Å². The molecule has 2 aromatic carbocycles. The van der Waals surface area contributed by atoms with Crippen LogP contribution < -0.4 is 4.90 Å². The van der Waals surface area contributed by atoms with E-state index in [9.17, 15) is 9.59 Å². The maximum Gasteiger partial charge on any atom is 0.253 e. The van der Waals surface area contributed by atoms with E-state index in [-0.39, 0.29) is 17.2 Å².